The van der Waals surface area contributed by atoms with Crippen molar-refractivity contribution in [3.63, 3.8) is 0 Å². The van der Waals surface area contributed by atoms with E-state index in [4.69, 9.17) is 4.74 Å². The lowest BCUT2D eigenvalue weighted by molar-refractivity contribution is -0.122. The molecule has 1 amide bonds. The zero-order chi connectivity index (χ0) is 15.2. The van der Waals surface area contributed by atoms with Gasteiger partial charge in [-0.05, 0) is 11.5 Å². The first-order valence-corrected chi connectivity index (χ1v) is 6.39. The van der Waals surface area contributed by atoms with Crippen molar-refractivity contribution in [1.29, 1.82) is 0 Å². The summed E-state index contributed by atoms with van der Waals surface area (Å²) < 4.78 is 5.44. The van der Waals surface area contributed by atoms with E-state index in [1.54, 1.807) is 24.3 Å². The van der Waals surface area contributed by atoms with Crippen molar-refractivity contribution >= 4 is 22.6 Å². The van der Waals surface area contributed by atoms with E-state index in [9.17, 15) is 14.7 Å². The summed E-state index contributed by atoms with van der Waals surface area (Å²) in [6.07, 6.45) is 1.55. The van der Waals surface area contributed by atoms with E-state index < -0.39 is 5.97 Å². The van der Waals surface area contributed by atoms with Crippen molar-refractivity contribution < 1.29 is 19.4 Å². The molecule has 0 aliphatic rings. The van der Waals surface area contributed by atoms with Crippen LogP contribution < -0.4 is 10.1 Å². The van der Waals surface area contributed by atoms with E-state index >= 15 is 0 Å². The van der Waals surface area contributed by atoms with E-state index in [0.29, 0.717) is 11.9 Å². The molecular formula is C16H15NO4. The SMILES string of the molecule is C=CCNC(=O)COc1c(C(=O)O)ccc2ccccc12. The average molecular weight is 285 g/mol. The topological polar surface area (TPSA) is 75.6 Å². The molecular weight excluding hydrogens is 270 g/mol. The summed E-state index contributed by atoms with van der Waals surface area (Å²) in [4.78, 5) is 22.8. The molecule has 2 N–H and O–H groups in total. The molecule has 2 rings (SSSR count). The Morgan fingerprint density at radius 1 is 1.24 bits per heavy atom. The van der Waals surface area contributed by atoms with Gasteiger partial charge in [0, 0.05) is 11.9 Å². The molecule has 0 radical (unpaired) electrons. The minimum Gasteiger partial charge on any atom is -0.482 e. The lowest BCUT2D eigenvalue weighted by atomic mass is 10.1. The van der Waals surface area contributed by atoms with Crippen LogP contribution in [-0.4, -0.2) is 30.1 Å². The number of fused-ring (bicyclic) bond motifs is 1. The smallest absolute Gasteiger partial charge is 0.339 e. The molecule has 108 valence electrons. The number of aromatic carboxylic acids is 1. The van der Waals surface area contributed by atoms with Crippen LogP contribution in [0.2, 0.25) is 0 Å². The Morgan fingerprint density at radius 3 is 2.71 bits per heavy atom. The number of ether oxygens (including phenoxy) is 1. The monoisotopic (exact) mass is 285 g/mol. The zero-order valence-corrected chi connectivity index (χ0v) is 11.3. The maximum absolute atomic E-state index is 11.6. The molecule has 2 aromatic rings. The van der Waals surface area contributed by atoms with Gasteiger partial charge in [-0.2, -0.15) is 0 Å². The van der Waals surface area contributed by atoms with Gasteiger partial charge in [-0.25, -0.2) is 4.79 Å². The van der Waals surface area contributed by atoms with Gasteiger partial charge in [-0.15, -0.1) is 6.58 Å². The number of nitrogens with one attached hydrogen (secondary N) is 1. The summed E-state index contributed by atoms with van der Waals surface area (Å²) in [5.41, 5.74) is 0.0326. The van der Waals surface area contributed by atoms with Gasteiger partial charge >= 0.3 is 5.97 Å². The third kappa shape index (κ3) is 3.39. The lowest BCUT2D eigenvalue weighted by Crippen LogP contribution is -2.29. The van der Waals surface area contributed by atoms with Crippen molar-refractivity contribution in [2.75, 3.05) is 13.2 Å². The van der Waals surface area contributed by atoms with E-state index in [0.717, 1.165) is 5.39 Å². The fraction of sp³-hybridized carbons (Fsp3) is 0.125. The quantitative estimate of drug-likeness (QED) is 0.798. The van der Waals surface area contributed by atoms with Gasteiger partial charge < -0.3 is 15.2 Å². The first-order valence-electron chi connectivity index (χ1n) is 6.39. The molecule has 2 aromatic carbocycles. The minimum atomic E-state index is -1.10. The van der Waals surface area contributed by atoms with Crippen LogP contribution in [0.1, 0.15) is 10.4 Å². The Morgan fingerprint density at radius 2 is 2.00 bits per heavy atom. The van der Waals surface area contributed by atoms with Gasteiger partial charge in [-0.1, -0.05) is 36.4 Å². The molecule has 0 atom stereocenters. The molecule has 0 heterocycles. The van der Waals surface area contributed by atoms with Crippen LogP contribution in [0.15, 0.2) is 49.1 Å². The van der Waals surface area contributed by atoms with Crippen LogP contribution in [0.25, 0.3) is 10.8 Å². The molecule has 0 aliphatic heterocycles. The van der Waals surface area contributed by atoms with Gasteiger partial charge in [-0.3, -0.25) is 4.79 Å². The summed E-state index contributed by atoms with van der Waals surface area (Å²) in [7, 11) is 0. The van der Waals surface area contributed by atoms with E-state index in [-0.39, 0.29) is 23.8 Å². The number of amides is 1. The van der Waals surface area contributed by atoms with E-state index in [1.165, 1.54) is 6.07 Å². The first kappa shape index (κ1) is 14.6. The van der Waals surface area contributed by atoms with Crippen LogP contribution in [0.3, 0.4) is 0 Å². The number of hydrogen-bond donors (Lipinski definition) is 2. The number of rotatable bonds is 6. The Bertz CT molecular complexity index is 694. The van der Waals surface area contributed by atoms with Gasteiger partial charge in [0.1, 0.15) is 11.3 Å². The van der Waals surface area contributed by atoms with Crippen molar-refractivity contribution in [2.24, 2.45) is 0 Å². The Hall–Kier alpha value is -2.82. The molecule has 0 unspecified atom stereocenters. The highest BCUT2D eigenvalue weighted by molar-refractivity contribution is 6.00. The van der Waals surface area contributed by atoms with Crippen LogP contribution in [-0.2, 0) is 4.79 Å². The third-order valence-corrected chi connectivity index (χ3v) is 2.90. The van der Waals surface area contributed by atoms with Crippen molar-refractivity contribution in [3.05, 3.63) is 54.6 Å². The van der Waals surface area contributed by atoms with Crippen molar-refractivity contribution in [3.8, 4) is 5.75 Å². The molecule has 0 aromatic heterocycles. The maximum atomic E-state index is 11.6. The van der Waals surface area contributed by atoms with Gasteiger partial charge in [0.05, 0.1) is 0 Å². The summed E-state index contributed by atoms with van der Waals surface area (Å²) >= 11 is 0. The number of carbonyl (C=O) groups excluding carboxylic acids is 1. The Balaban J connectivity index is 2.31. The summed E-state index contributed by atoms with van der Waals surface area (Å²) in [5.74, 6) is -1.23. The fourth-order valence-electron chi connectivity index (χ4n) is 1.94. The summed E-state index contributed by atoms with van der Waals surface area (Å²) in [6, 6.07) is 10.4. The molecule has 21 heavy (non-hydrogen) atoms. The Kier molecular flexibility index (Phi) is 4.56. The molecule has 0 spiro atoms. The summed E-state index contributed by atoms with van der Waals surface area (Å²) in [6.45, 7) is 3.58. The maximum Gasteiger partial charge on any atom is 0.339 e. The van der Waals surface area contributed by atoms with E-state index in [2.05, 4.69) is 11.9 Å². The van der Waals surface area contributed by atoms with Gasteiger partial charge in [0.2, 0.25) is 0 Å². The van der Waals surface area contributed by atoms with Crippen molar-refractivity contribution in [1.82, 2.24) is 5.32 Å². The lowest BCUT2D eigenvalue weighted by Gasteiger charge is -2.12. The van der Waals surface area contributed by atoms with Crippen LogP contribution in [0.5, 0.6) is 5.75 Å². The average Bonchev–Trinajstić information content (AvgIpc) is 2.50. The third-order valence-electron chi connectivity index (χ3n) is 2.90. The highest BCUT2D eigenvalue weighted by atomic mass is 16.5. The van der Waals surface area contributed by atoms with Gasteiger partial charge in [0.15, 0.2) is 6.61 Å². The molecule has 0 saturated heterocycles. The minimum absolute atomic E-state index is 0.0326. The second kappa shape index (κ2) is 6.56. The Labute approximate surface area is 121 Å². The molecule has 5 heteroatoms. The highest BCUT2D eigenvalue weighted by Crippen LogP contribution is 2.29. The van der Waals surface area contributed by atoms with Crippen LogP contribution in [0, 0.1) is 0 Å². The predicted octanol–water partition coefficient (Wildman–Crippen LogP) is 2.22. The second-order valence-electron chi connectivity index (χ2n) is 4.35. The molecule has 0 bridgehead atoms. The number of carboxylic acids is 1. The van der Waals surface area contributed by atoms with Crippen molar-refractivity contribution in [2.45, 2.75) is 0 Å². The first-order chi connectivity index (χ1) is 10.1. The molecule has 0 saturated carbocycles. The molecule has 5 nitrogen and oxygen atoms in total. The number of hydrogen-bond acceptors (Lipinski definition) is 3. The summed E-state index contributed by atoms with van der Waals surface area (Å²) in [5, 5.41) is 13.3. The number of carboxylic acid groups (broad SMARTS) is 1. The van der Waals surface area contributed by atoms with Crippen LogP contribution >= 0.6 is 0 Å². The number of carbonyl (C=O) groups is 2. The second-order valence-corrected chi connectivity index (χ2v) is 4.35. The number of benzene rings is 2. The van der Waals surface area contributed by atoms with E-state index in [1.807, 2.05) is 12.1 Å². The zero-order valence-electron chi connectivity index (χ0n) is 11.3. The predicted molar refractivity (Wildman–Crippen MR) is 79.6 cm³/mol. The largest absolute Gasteiger partial charge is 0.482 e. The normalized spacial score (nSPS) is 10.1. The molecule has 0 aliphatic carbocycles. The van der Waals surface area contributed by atoms with Crippen LogP contribution in [0.4, 0.5) is 0 Å². The standard InChI is InChI=1S/C16H15NO4/c1-2-9-17-14(18)10-21-15-12-6-4-3-5-11(12)7-8-13(15)16(19)20/h2-8H,1,9-10H2,(H,17,18)(H,19,20). The molecule has 0 fully saturated rings. The van der Waals surface area contributed by atoms with Gasteiger partial charge in [0.25, 0.3) is 5.91 Å². The highest BCUT2D eigenvalue weighted by Gasteiger charge is 2.15. The fourth-order valence-corrected chi connectivity index (χ4v) is 1.94.